The smallest absolute Gasteiger partial charge is 0.308 e. The molecule has 0 aliphatic carbocycles. The molecule has 0 spiro atoms. The average Bonchev–Trinajstić information content (AvgIpc) is 2.96. The lowest BCUT2D eigenvalue weighted by atomic mass is 9.88. The van der Waals surface area contributed by atoms with Crippen molar-refractivity contribution < 1.29 is 38.1 Å². The topological polar surface area (TPSA) is 127 Å². The predicted molar refractivity (Wildman–Crippen MR) is 113 cm³/mol. The molecule has 31 heavy (non-hydrogen) atoms. The van der Waals surface area contributed by atoms with Crippen molar-refractivity contribution in [3.63, 3.8) is 0 Å². The maximum Gasteiger partial charge on any atom is 0.308 e. The van der Waals surface area contributed by atoms with Crippen molar-refractivity contribution in [3.05, 3.63) is 11.8 Å². The van der Waals surface area contributed by atoms with Crippen LogP contribution in [0.4, 0.5) is 0 Å². The van der Waals surface area contributed by atoms with Crippen LogP contribution in [0.25, 0.3) is 0 Å². The first kappa shape index (κ1) is 24.2. The number of aliphatic hydroxyl groups is 1. The molecule has 176 valence electrons. The molecule has 3 saturated heterocycles. The van der Waals surface area contributed by atoms with Gasteiger partial charge in [0, 0.05) is 6.08 Å². The largest absolute Gasteiger partial charge is 0.486 e. The lowest BCUT2D eigenvalue weighted by Gasteiger charge is -2.50. The average molecular weight is 458 g/mol. The maximum absolute atomic E-state index is 11.8. The third kappa shape index (κ3) is 4.98. The Morgan fingerprint density at radius 2 is 1.87 bits per heavy atom. The monoisotopic (exact) mass is 457 g/mol. The number of carbonyl (C=O) groups excluding carboxylic acids is 2. The standard InChI is InChI=1S/C21H35NO8Si/c1-21(2,3)31(5,6)30-20-17-12(8-7-11(27-17)9-15(24)26-4)28-18-16(25)13(10-14(22)23)29-19(18)20/h10-12,16-20,25H,7-9H2,1-6H3,(H2,22,23)/b13-10-/t11?,12-,16-,17-,18-,19+,20?/m0/s1. The third-order valence-electron chi connectivity index (χ3n) is 6.81. The summed E-state index contributed by atoms with van der Waals surface area (Å²) >= 11 is 0. The molecule has 0 aromatic carbocycles. The molecular weight excluding hydrogens is 422 g/mol. The van der Waals surface area contributed by atoms with E-state index in [2.05, 4.69) is 33.9 Å². The Bertz CT molecular complexity index is 733. The van der Waals surface area contributed by atoms with Crippen LogP contribution < -0.4 is 5.73 Å². The first-order chi connectivity index (χ1) is 14.3. The van der Waals surface area contributed by atoms with Crippen LogP contribution in [0, 0.1) is 0 Å². The van der Waals surface area contributed by atoms with Gasteiger partial charge in [0.2, 0.25) is 5.91 Å². The Labute approximate surface area is 184 Å². The molecule has 0 aromatic heterocycles. The fraction of sp³-hybridized carbons (Fsp3) is 0.810. The molecule has 9 nitrogen and oxygen atoms in total. The molecule has 10 heteroatoms. The van der Waals surface area contributed by atoms with Crippen molar-refractivity contribution in [2.45, 2.75) is 101 Å². The highest BCUT2D eigenvalue weighted by molar-refractivity contribution is 6.74. The number of primary amides is 1. The van der Waals surface area contributed by atoms with Crippen LogP contribution in [0.15, 0.2) is 11.8 Å². The Kier molecular flexibility index (Phi) is 6.88. The lowest BCUT2D eigenvalue weighted by Crippen LogP contribution is -2.64. The quantitative estimate of drug-likeness (QED) is 0.360. The number of hydrogen-bond donors (Lipinski definition) is 2. The minimum atomic E-state index is -2.27. The summed E-state index contributed by atoms with van der Waals surface area (Å²) < 4.78 is 30.0. The number of nitrogens with two attached hydrogens (primary N) is 1. The zero-order valence-corrected chi connectivity index (χ0v) is 20.1. The summed E-state index contributed by atoms with van der Waals surface area (Å²) in [6.45, 7) is 10.7. The zero-order chi connectivity index (χ0) is 23.1. The van der Waals surface area contributed by atoms with E-state index in [-0.39, 0.29) is 35.4 Å². The van der Waals surface area contributed by atoms with E-state index in [4.69, 9.17) is 29.1 Å². The van der Waals surface area contributed by atoms with Crippen molar-refractivity contribution in [1.82, 2.24) is 0 Å². The summed E-state index contributed by atoms with van der Waals surface area (Å²) in [5, 5.41) is 10.7. The predicted octanol–water partition coefficient (Wildman–Crippen LogP) is 1.38. The first-order valence-electron chi connectivity index (χ1n) is 10.8. The number of rotatable bonds is 5. The van der Waals surface area contributed by atoms with Crippen molar-refractivity contribution in [2.24, 2.45) is 5.73 Å². The highest BCUT2D eigenvalue weighted by Crippen LogP contribution is 2.45. The second-order valence-electron chi connectivity index (χ2n) is 10.0. The van der Waals surface area contributed by atoms with Gasteiger partial charge in [-0.25, -0.2) is 0 Å². The SMILES string of the molecule is COC(=O)CC1CC[C@@H]2O[C@H]3[C@@H](O)/C(=C/C(N)=O)O[C@H]3C(O[Si](C)(C)C(C)(C)C)[C@H]2O1. The van der Waals surface area contributed by atoms with Gasteiger partial charge in [-0.2, -0.15) is 0 Å². The summed E-state index contributed by atoms with van der Waals surface area (Å²) in [6.07, 6.45) is -1.60. The number of amides is 1. The van der Waals surface area contributed by atoms with Crippen molar-refractivity contribution in [2.75, 3.05) is 7.11 Å². The van der Waals surface area contributed by atoms with Gasteiger partial charge in [0.25, 0.3) is 0 Å². The maximum atomic E-state index is 11.8. The minimum absolute atomic E-state index is 0.0699. The number of methoxy groups -OCH3 is 1. The molecule has 2 unspecified atom stereocenters. The molecule has 3 aliphatic rings. The molecular formula is C21H35NO8Si. The van der Waals surface area contributed by atoms with E-state index in [1.807, 2.05) is 0 Å². The molecule has 3 rings (SSSR count). The van der Waals surface area contributed by atoms with Gasteiger partial charge in [-0.1, -0.05) is 20.8 Å². The number of carbonyl (C=O) groups is 2. The Balaban J connectivity index is 1.91. The molecule has 0 aromatic rings. The normalized spacial score (nSPS) is 37.0. The molecule has 1 amide bonds. The fourth-order valence-electron chi connectivity index (χ4n) is 4.09. The van der Waals surface area contributed by atoms with Gasteiger partial charge in [0.05, 0.1) is 25.7 Å². The van der Waals surface area contributed by atoms with Crippen molar-refractivity contribution in [1.29, 1.82) is 0 Å². The van der Waals surface area contributed by atoms with Crippen LogP contribution >= 0.6 is 0 Å². The second kappa shape index (κ2) is 8.82. The summed E-state index contributed by atoms with van der Waals surface area (Å²) in [5.41, 5.74) is 5.27. The van der Waals surface area contributed by atoms with E-state index in [9.17, 15) is 14.7 Å². The molecule has 0 saturated carbocycles. The van der Waals surface area contributed by atoms with E-state index in [1.54, 1.807) is 0 Å². The number of ether oxygens (including phenoxy) is 4. The third-order valence-corrected chi connectivity index (χ3v) is 11.3. The number of fused-ring (bicyclic) bond motifs is 2. The molecule has 7 atom stereocenters. The van der Waals surface area contributed by atoms with E-state index in [0.717, 1.165) is 6.08 Å². The molecule has 0 radical (unpaired) electrons. The van der Waals surface area contributed by atoms with Crippen LogP contribution in [0.3, 0.4) is 0 Å². The highest BCUT2D eigenvalue weighted by atomic mass is 28.4. The molecule has 3 heterocycles. The van der Waals surface area contributed by atoms with Gasteiger partial charge < -0.3 is 34.2 Å². The molecule has 3 N–H and O–H groups in total. The van der Waals surface area contributed by atoms with Crippen LogP contribution in [-0.2, 0) is 33.0 Å². The van der Waals surface area contributed by atoms with Crippen LogP contribution in [0.2, 0.25) is 18.1 Å². The number of hydrogen-bond acceptors (Lipinski definition) is 8. The van der Waals surface area contributed by atoms with E-state index >= 15 is 0 Å². The Hall–Kier alpha value is -1.46. The van der Waals surface area contributed by atoms with Crippen molar-refractivity contribution in [3.8, 4) is 0 Å². The minimum Gasteiger partial charge on any atom is -0.486 e. The zero-order valence-electron chi connectivity index (χ0n) is 19.1. The van der Waals surface area contributed by atoms with E-state index < -0.39 is 44.7 Å². The van der Waals surface area contributed by atoms with E-state index in [1.165, 1.54) is 7.11 Å². The molecule has 3 aliphatic heterocycles. The lowest BCUT2D eigenvalue weighted by molar-refractivity contribution is -0.255. The summed E-state index contributed by atoms with van der Waals surface area (Å²) in [7, 11) is -0.912. The van der Waals surface area contributed by atoms with Gasteiger partial charge in [-0.05, 0) is 31.0 Å². The van der Waals surface area contributed by atoms with Gasteiger partial charge in [-0.15, -0.1) is 0 Å². The van der Waals surface area contributed by atoms with Crippen LogP contribution in [0.5, 0.6) is 0 Å². The van der Waals surface area contributed by atoms with E-state index in [0.29, 0.717) is 12.8 Å². The fourth-order valence-corrected chi connectivity index (χ4v) is 5.39. The second-order valence-corrected chi connectivity index (χ2v) is 14.8. The summed E-state index contributed by atoms with van der Waals surface area (Å²) in [5.74, 6) is -0.961. The van der Waals surface area contributed by atoms with Crippen molar-refractivity contribution >= 4 is 20.2 Å². The Morgan fingerprint density at radius 3 is 2.45 bits per heavy atom. The number of aliphatic hydroxyl groups excluding tert-OH is 1. The van der Waals surface area contributed by atoms with Gasteiger partial charge >= 0.3 is 5.97 Å². The van der Waals surface area contributed by atoms with Gasteiger partial charge in [-0.3, -0.25) is 9.59 Å². The highest BCUT2D eigenvalue weighted by Gasteiger charge is 2.59. The summed E-state index contributed by atoms with van der Waals surface area (Å²) in [4.78, 5) is 23.2. The molecule has 0 bridgehead atoms. The van der Waals surface area contributed by atoms with Crippen LogP contribution in [0.1, 0.15) is 40.0 Å². The van der Waals surface area contributed by atoms with Gasteiger partial charge in [0.15, 0.2) is 14.4 Å². The Morgan fingerprint density at radius 1 is 1.19 bits per heavy atom. The van der Waals surface area contributed by atoms with Gasteiger partial charge in [0.1, 0.15) is 30.2 Å². The molecule has 3 fully saturated rings. The number of esters is 1. The van der Waals surface area contributed by atoms with Crippen LogP contribution in [-0.4, -0.2) is 75.1 Å². The first-order valence-corrected chi connectivity index (χ1v) is 13.7. The summed E-state index contributed by atoms with van der Waals surface area (Å²) in [6, 6.07) is 0.